The van der Waals surface area contributed by atoms with Crippen LogP contribution in [-0.2, 0) is 0 Å². The van der Waals surface area contributed by atoms with Crippen molar-refractivity contribution in [3.8, 4) is 0 Å². The number of anilines is 1. The molecule has 4 heteroatoms. The summed E-state index contributed by atoms with van der Waals surface area (Å²) >= 11 is 7.35. The fourth-order valence-electron chi connectivity index (χ4n) is 0.886. The van der Waals surface area contributed by atoms with Gasteiger partial charge in [-0.15, -0.1) is 11.3 Å². The van der Waals surface area contributed by atoms with Gasteiger partial charge in [-0.25, -0.2) is 0 Å². The first-order chi connectivity index (χ1) is 5.83. The fourth-order valence-corrected chi connectivity index (χ4v) is 1.85. The van der Waals surface area contributed by atoms with Crippen LogP contribution in [0.3, 0.4) is 0 Å². The molecule has 0 unspecified atom stereocenters. The summed E-state index contributed by atoms with van der Waals surface area (Å²) in [6, 6.07) is 3.92. The normalized spacial score (nSPS) is 10.2. The molecule has 0 bridgehead atoms. The van der Waals surface area contributed by atoms with Crippen LogP contribution in [0.4, 0.5) is 5.00 Å². The molecule has 1 heterocycles. The summed E-state index contributed by atoms with van der Waals surface area (Å²) in [7, 11) is 1.96. The van der Waals surface area contributed by atoms with E-state index in [1.165, 1.54) is 0 Å². The first-order valence-corrected chi connectivity index (χ1v) is 5.16. The van der Waals surface area contributed by atoms with Crippen molar-refractivity contribution in [3.05, 3.63) is 16.5 Å². The Bertz CT molecular complexity index is 225. The lowest BCUT2D eigenvalue weighted by atomic mass is 10.4. The molecule has 0 saturated heterocycles. The average molecular weight is 205 g/mol. The lowest BCUT2D eigenvalue weighted by molar-refractivity contribution is 0.749. The first kappa shape index (κ1) is 9.84. The van der Waals surface area contributed by atoms with E-state index in [0.29, 0.717) is 0 Å². The molecule has 1 aromatic heterocycles. The molecule has 68 valence electrons. The molecule has 0 radical (unpaired) electrons. The maximum Gasteiger partial charge on any atom is 0.0950 e. The number of nitrogens with one attached hydrogen (secondary N) is 2. The highest BCUT2D eigenvalue weighted by atomic mass is 35.5. The van der Waals surface area contributed by atoms with Crippen LogP contribution < -0.4 is 10.6 Å². The Balaban J connectivity index is 2.15. The lowest BCUT2D eigenvalue weighted by Crippen LogP contribution is -2.12. The van der Waals surface area contributed by atoms with Crippen LogP contribution >= 0.6 is 22.9 Å². The van der Waals surface area contributed by atoms with Gasteiger partial charge in [0.1, 0.15) is 0 Å². The summed E-state index contributed by atoms with van der Waals surface area (Å²) in [5.41, 5.74) is 0. The van der Waals surface area contributed by atoms with Crippen molar-refractivity contribution >= 4 is 27.9 Å². The summed E-state index contributed by atoms with van der Waals surface area (Å²) < 4.78 is 0.839. The summed E-state index contributed by atoms with van der Waals surface area (Å²) in [5, 5.41) is 7.54. The second kappa shape index (κ2) is 5.41. The third-order valence-corrected chi connectivity index (χ3v) is 2.66. The van der Waals surface area contributed by atoms with Crippen LogP contribution in [-0.4, -0.2) is 20.1 Å². The number of hydrogen-bond acceptors (Lipinski definition) is 3. The topological polar surface area (TPSA) is 24.1 Å². The maximum absolute atomic E-state index is 5.77. The predicted molar refractivity (Wildman–Crippen MR) is 56.4 cm³/mol. The van der Waals surface area contributed by atoms with E-state index in [4.69, 9.17) is 11.6 Å². The van der Waals surface area contributed by atoms with Gasteiger partial charge in [0.25, 0.3) is 0 Å². The van der Waals surface area contributed by atoms with E-state index in [9.17, 15) is 0 Å². The van der Waals surface area contributed by atoms with E-state index >= 15 is 0 Å². The third-order valence-electron chi connectivity index (χ3n) is 1.48. The van der Waals surface area contributed by atoms with E-state index in [-0.39, 0.29) is 0 Å². The lowest BCUT2D eigenvalue weighted by Gasteiger charge is -2.01. The molecule has 0 spiro atoms. The van der Waals surface area contributed by atoms with E-state index in [0.717, 1.165) is 28.8 Å². The van der Waals surface area contributed by atoms with Gasteiger partial charge in [-0.3, -0.25) is 0 Å². The zero-order valence-electron chi connectivity index (χ0n) is 7.06. The molecule has 0 atom stereocenters. The van der Waals surface area contributed by atoms with Gasteiger partial charge in [-0.1, -0.05) is 11.6 Å². The molecule has 0 saturated carbocycles. The summed E-state index contributed by atoms with van der Waals surface area (Å²) in [5.74, 6) is 0. The molecule has 0 amide bonds. The van der Waals surface area contributed by atoms with Gasteiger partial charge in [0.2, 0.25) is 0 Å². The Morgan fingerprint density at radius 2 is 2.25 bits per heavy atom. The van der Waals surface area contributed by atoms with Crippen molar-refractivity contribution < 1.29 is 0 Å². The molecule has 0 aliphatic rings. The molecule has 2 nitrogen and oxygen atoms in total. The Kier molecular flexibility index (Phi) is 4.43. The van der Waals surface area contributed by atoms with Crippen molar-refractivity contribution in [3.63, 3.8) is 0 Å². The molecule has 0 fully saturated rings. The highest BCUT2D eigenvalue weighted by Crippen LogP contribution is 2.25. The van der Waals surface area contributed by atoms with E-state index in [1.54, 1.807) is 11.3 Å². The van der Waals surface area contributed by atoms with Crippen LogP contribution in [0.25, 0.3) is 0 Å². The minimum atomic E-state index is 0.839. The first-order valence-electron chi connectivity index (χ1n) is 3.97. The Hall–Kier alpha value is -0.250. The van der Waals surface area contributed by atoms with Crippen molar-refractivity contribution in [2.24, 2.45) is 0 Å². The highest BCUT2D eigenvalue weighted by Gasteiger charge is 1.94. The molecule has 12 heavy (non-hydrogen) atoms. The van der Waals surface area contributed by atoms with Gasteiger partial charge >= 0.3 is 0 Å². The van der Waals surface area contributed by atoms with E-state index in [1.807, 2.05) is 19.2 Å². The monoisotopic (exact) mass is 204 g/mol. The number of hydrogen-bond donors (Lipinski definition) is 2. The third kappa shape index (κ3) is 3.43. The van der Waals surface area contributed by atoms with Gasteiger partial charge in [0, 0.05) is 6.54 Å². The second-order valence-electron chi connectivity index (χ2n) is 2.49. The second-order valence-corrected chi connectivity index (χ2v) is 4.20. The summed E-state index contributed by atoms with van der Waals surface area (Å²) in [6.45, 7) is 2.05. The SMILES string of the molecule is CNCCCNc1ccc(Cl)s1. The van der Waals surface area contributed by atoms with Crippen LogP contribution in [0.2, 0.25) is 4.34 Å². The number of halogens is 1. The molecular weight excluding hydrogens is 192 g/mol. The van der Waals surface area contributed by atoms with Crippen molar-refractivity contribution in [1.82, 2.24) is 5.32 Å². The number of thiophene rings is 1. The van der Waals surface area contributed by atoms with E-state index < -0.39 is 0 Å². The molecule has 0 aromatic carbocycles. The van der Waals surface area contributed by atoms with Gasteiger partial charge in [-0.05, 0) is 32.1 Å². The Morgan fingerprint density at radius 3 is 2.83 bits per heavy atom. The van der Waals surface area contributed by atoms with Crippen LogP contribution in [0, 0.1) is 0 Å². The largest absolute Gasteiger partial charge is 0.377 e. The standard InChI is InChI=1S/C8H13ClN2S/c1-10-5-2-6-11-8-4-3-7(9)12-8/h3-4,10-11H,2,5-6H2,1H3. The summed E-state index contributed by atoms with van der Waals surface area (Å²) in [4.78, 5) is 0. The Labute approximate surface area is 81.9 Å². The molecule has 2 N–H and O–H groups in total. The van der Waals surface area contributed by atoms with Gasteiger partial charge in [0.05, 0.1) is 9.34 Å². The molecule has 1 aromatic rings. The van der Waals surface area contributed by atoms with Crippen molar-refractivity contribution in [1.29, 1.82) is 0 Å². The van der Waals surface area contributed by atoms with Gasteiger partial charge in [0.15, 0.2) is 0 Å². The number of rotatable bonds is 5. The van der Waals surface area contributed by atoms with Gasteiger partial charge < -0.3 is 10.6 Å². The quantitative estimate of drug-likeness (QED) is 0.720. The van der Waals surface area contributed by atoms with Crippen molar-refractivity contribution in [2.45, 2.75) is 6.42 Å². The minimum absolute atomic E-state index is 0.839. The van der Waals surface area contributed by atoms with Crippen LogP contribution in [0.15, 0.2) is 12.1 Å². The average Bonchev–Trinajstić information content (AvgIpc) is 2.45. The fraction of sp³-hybridized carbons (Fsp3) is 0.500. The minimum Gasteiger partial charge on any atom is -0.377 e. The molecule has 0 aliphatic heterocycles. The molecule has 0 aliphatic carbocycles. The van der Waals surface area contributed by atoms with Crippen LogP contribution in [0.1, 0.15) is 6.42 Å². The highest BCUT2D eigenvalue weighted by molar-refractivity contribution is 7.19. The predicted octanol–water partition coefficient (Wildman–Crippen LogP) is 2.42. The summed E-state index contributed by atoms with van der Waals surface area (Å²) in [6.07, 6.45) is 1.13. The zero-order valence-corrected chi connectivity index (χ0v) is 8.63. The molecule has 1 rings (SSSR count). The van der Waals surface area contributed by atoms with Gasteiger partial charge in [-0.2, -0.15) is 0 Å². The Morgan fingerprint density at radius 1 is 1.42 bits per heavy atom. The zero-order chi connectivity index (χ0) is 8.81. The smallest absolute Gasteiger partial charge is 0.0950 e. The van der Waals surface area contributed by atoms with E-state index in [2.05, 4.69) is 10.6 Å². The van der Waals surface area contributed by atoms with Crippen LogP contribution in [0.5, 0.6) is 0 Å². The van der Waals surface area contributed by atoms with Crippen molar-refractivity contribution in [2.75, 3.05) is 25.5 Å². The maximum atomic E-state index is 5.77. The molecular formula is C8H13ClN2S.